The molecule has 2 aromatic heterocycles. The van der Waals surface area contributed by atoms with Crippen LogP contribution in [0.4, 0.5) is 10.5 Å². The number of benzene rings is 2. The van der Waals surface area contributed by atoms with Crippen LogP contribution < -0.4 is 5.32 Å². The third-order valence-corrected chi connectivity index (χ3v) is 4.27. The first kappa shape index (κ1) is 17.9. The Morgan fingerprint density at radius 3 is 2.57 bits per heavy atom. The van der Waals surface area contributed by atoms with Crippen LogP contribution >= 0.6 is 11.6 Å². The lowest BCUT2D eigenvalue weighted by molar-refractivity contribution is 0.146. The highest BCUT2D eigenvalue weighted by molar-refractivity contribution is 6.30. The number of para-hydroxylation sites is 1. The third-order valence-electron chi connectivity index (χ3n) is 4.01. The van der Waals surface area contributed by atoms with Gasteiger partial charge in [0.15, 0.2) is 6.61 Å². The lowest BCUT2D eigenvalue weighted by atomic mass is 10.1. The average molecular weight is 394 g/mol. The van der Waals surface area contributed by atoms with E-state index in [0.29, 0.717) is 22.2 Å². The number of nitrogens with zero attached hydrogens (tertiary/aromatic N) is 2. The number of anilines is 1. The molecular formula is C21H16ClN3O3. The molecule has 4 rings (SSSR count). The summed E-state index contributed by atoms with van der Waals surface area (Å²) in [6, 6.07) is 20.3. The minimum absolute atomic E-state index is 0.0436. The Hall–Kier alpha value is -3.51. The van der Waals surface area contributed by atoms with Crippen molar-refractivity contribution in [1.82, 2.24) is 9.78 Å². The minimum atomic E-state index is -0.598. The molecule has 4 aromatic rings. The van der Waals surface area contributed by atoms with Crippen LogP contribution in [0.2, 0.25) is 5.02 Å². The van der Waals surface area contributed by atoms with Crippen LogP contribution in [0, 0.1) is 0 Å². The maximum atomic E-state index is 12.3. The van der Waals surface area contributed by atoms with Crippen molar-refractivity contribution < 1.29 is 13.9 Å². The number of nitrogens with one attached hydrogen (secondary N) is 1. The number of hydrogen-bond acceptors (Lipinski definition) is 4. The summed E-state index contributed by atoms with van der Waals surface area (Å²) in [7, 11) is 0. The van der Waals surface area contributed by atoms with Gasteiger partial charge in [-0.2, -0.15) is 5.10 Å². The highest BCUT2D eigenvalue weighted by atomic mass is 35.5. The largest absolute Gasteiger partial charge is 0.466 e. The van der Waals surface area contributed by atoms with E-state index in [1.165, 1.54) is 6.26 Å². The lowest BCUT2D eigenvalue weighted by Crippen LogP contribution is -2.13. The van der Waals surface area contributed by atoms with E-state index in [1.54, 1.807) is 35.1 Å². The summed E-state index contributed by atoms with van der Waals surface area (Å²) in [4.78, 5) is 12.3. The summed E-state index contributed by atoms with van der Waals surface area (Å²) < 4.78 is 12.1. The van der Waals surface area contributed by atoms with Crippen molar-refractivity contribution in [3.63, 3.8) is 0 Å². The normalized spacial score (nSPS) is 10.6. The Morgan fingerprint density at radius 1 is 1.07 bits per heavy atom. The monoisotopic (exact) mass is 393 g/mol. The van der Waals surface area contributed by atoms with Crippen molar-refractivity contribution in [2.45, 2.75) is 6.61 Å². The molecule has 0 aliphatic heterocycles. The van der Waals surface area contributed by atoms with E-state index >= 15 is 0 Å². The number of carbonyl (C=O) groups excluding carboxylic acids is 1. The van der Waals surface area contributed by atoms with E-state index in [4.69, 9.17) is 20.8 Å². The number of amides is 1. The van der Waals surface area contributed by atoms with Gasteiger partial charge >= 0.3 is 6.09 Å². The first-order valence-corrected chi connectivity index (χ1v) is 8.94. The molecule has 7 heteroatoms. The maximum absolute atomic E-state index is 12.3. The van der Waals surface area contributed by atoms with Gasteiger partial charge in [-0.3, -0.25) is 5.32 Å². The van der Waals surface area contributed by atoms with E-state index in [-0.39, 0.29) is 6.61 Å². The molecule has 0 fully saturated rings. The molecule has 0 spiro atoms. The number of halogens is 1. The fourth-order valence-corrected chi connectivity index (χ4v) is 2.80. The van der Waals surface area contributed by atoms with Gasteiger partial charge in [-0.1, -0.05) is 41.9 Å². The molecule has 2 aromatic carbocycles. The molecular weight excluding hydrogens is 378 g/mol. The molecule has 6 nitrogen and oxygen atoms in total. The average Bonchev–Trinajstić information content (AvgIpc) is 3.38. The summed E-state index contributed by atoms with van der Waals surface area (Å²) in [6.45, 7) is 0.0436. The molecule has 0 aliphatic carbocycles. The molecule has 0 saturated carbocycles. The number of aromatic nitrogens is 2. The van der Waals surface area contributed by atoms with Crippen LogP contribution in [-0.2, 0) is 11.3 Å². The van der Waals surface area contributed by atoms with Crippen LogP contribution in [0.5, 0.6) is 0 Å². The first-order valence-electron chi connectivity index (χ1n) is 8.56. The molecule has 1 amide bonds. The van der Waals surface area contributed by atoms with Crippen LogP contribution in [0.15, 0.2) is 83.6 Å². The molecule has 0 unspecified atom stereocenters. The van der Waals surface area contributed by atoms with Crippen molar-refractivity contribution in [3.05, 3.63) is 90.0 Å². The SMILES string of the molecule is O=C(Nc1cn(-c2ccccc2)nc1-c1ccc(Cl)cc1)OCc1ccco1. The summed E-state index contributed by atoms with van der Waals surface area (Å²) in [5, 5.41) is 8.01. The second kappa shape index (κ2) is 8.02. The van der Waals surface area contributed by atoms with Gasteiger partial charge in [0.05, 0.1) is 23.8 Å². The molecule has 140 valence electrons. The fourth-order valence-electron chi connectivity index (χ4n) is 2.68. The highest BCUT2D eigenvalue weighted by Gasteiger charge is 2.16. The van der Waals surface area contributed by atoms with Gasteiger partial charge in [-0.25, -0.2) is 9.48 Å². The van der Waals surface area contributed by atoms with Crippen LogP contribution in [0.25, 0.3) is 16.9 Å². The molecule has 0 saturated heterocycles. The lowest BCUT2D eigenvalue weighted by Gasteiger charge is -2.06. The van der Waals surface area contributed by atoms with Gasteiger partial charge in [0.1, 0.15) is 11.5 Å². The van der Waals surface area contributed by atoms with Crippen molar-refractivity contribution >= 4 is 23.4 Å². The molecule has 2 heterocycles. The van der Waals surface area contributed by atoms with Gasteiger partial charge in [-0.05, 0) is 36.4 Å². The fraction of sp³-hybridized carbons (Fsp3) is 0.0476. The van der Waals surface area contributed by atoms with Crippen LogP contribution in [0.3, 0.4) is 0 Å². The maximum Gasteiger partial charge on any atom is 0.412 e. The molecule has 1 N–H and O–H groups in total. The summed E-state index contributed by atoms with van der Waals surface area (Å²) >= 11 is 5.99. The van der Waals surface area contributed by atoms with Crippen LogP contribution in [0.1, 0.15) is 5.76 Å². The smallest absolute Gasteiger partial charge is 0.412 e. The number of furan rings is 1. The molecule has 0 aliphatic rings. The number of ether oxygens (including phenoxy) is 1. The molecule has 28 heavy (non-hydrogen) atoms. The van der Waals surface area contributed by atoms with Gasteiger partial charge < -0.3 is 9.15 Å². The van der Waals surface area contributed by atoms with Gasteiger partial charge in [0.2, 0.25) is 0 Å². The molecule has 0 bridgehead atoms. The molecule has 0 radical (unpaired) electrons. The topological polar surface area (TPSA) is 69.3 Å². The number of hydrogen-bond donors (Lipinski definition) is 1. The van der Waals surface area contributed by atoms with Gasteiger partial charge in [0, 0.05) is 10.6 Å². The summed E-state index contributed by atoms with van der Waals surface area (Å²) in [6.07, 6.45) is 2.67. The van der Waals surface area contributed by atoms with Gasteiger partial charge in [0.25, 0.3) is 0 Å². The van der Waals surface area contributed by atoms with E-state index in [2.05, 4.69) is 10.4 Å². The second-order valence-corrected chi connectivity index (χ2v) is 6.40. The van der Waals surface area contributed by atoms with E-state index in [9.17, 15) is 4.79 Å². The highest BCUT2D eigenvalue weighted by Crippen LogP contribution is 2.29. The predicted molar refractivity (Wildman–Crippen MR) is 107 cm³/mol. The van der Waals surface area contributed by atoms with Crippen molar-refractivity contribution in [3.8, 4) is 16.9 Å². The minimum Gasteiger partial charge on any atom is -0.466 e. The van der Waals surface area contributed by atoms with Crippen molar-refractivity contribution in [2.24, 2.45) is 0 Å². The number of rotatable bonds is 5. The van der Waals surface area contributed by atoms with Gasteiger partial charge in [-0.15, -0.1) is 0 Å². The Bertz CT molecular complexity index is 1060. The first-order chi connectivity index (χ1) is 13.7. The second-order valence-electron chi connectivity index (χ2n) is 5.96. The van der Waals surface area contributed by atoms with Crippen molar-refractivity contribution in [2.75, 3.05) is 5.32 Å². The standard InChI is InChI=1S/C21H16ClN3O3/c22-16-10-8-15(9-11-16)20-19(13-25(24-20)17-5-2-1-3-6-17)23-21(26)28-14-18-7-4-12-27-18/h1-13H,14H2,(H,23,26). The van der Waals surface area contributed by atoms with E-state index in [1.807, 2.05) is 42.5 Å². The Kier molecular flexibility index (Phi) is 5.12. The quantitative estimate of drug-likeness (QED) is 0.483. The van der Waals surface area contributed by atoms with E-state index in [0.717, 1.165) is 11.3 Å². The van der Waals surface area contributed by atoms with Crippen LogP contribution in [-0.4, -0.2) is 15.9 Å². The summed E-state index contributed by atoms with van der Waals surface area (Å²) in [5.74, 6) is 0.563. The zero-order valence-electron chi connectivity index (χ0n) is 14.7. The molecule has 0 atom stereocenters. The zero-order valence-corrected chi connectivity index (χ0v) is 15.5. The van der Waals surface area contributed by atoms with E-state index < -0.39 is 6.09 Å². The Labute approximate surface area is 166 Å². The van der Waals surface area contributed by atoms with Crippen molar-refractivity contribution in [1.29, 1.82) is 0 Å². The Balaban J connectivity index is 1.61. The Morgan fingerprint density at radius 2 is 1.86 bits per heavy atom. The predicted octanol–water partition coefficient (Wildman–Crippen LogP) is 5.53. The zero-order chi connectivity index (χ0) is 19.3. The number of carbonyl (C=O) groups is 1. The third kappa shape index (κ3) is 4.07. The summed E-state index contributed by atoms with van der Waals surface area (Å²) in [5.41, 5.74) is 2.82.